The van der Waals surface area contributed by atoms with Crippen LogP contribution in [0.15, 0.2) is 51.9 Å². The minimum Gasteiger partial charge on any atom is -0.256 e. The summed E-state index contributed by atoms with van der Waals surface area (Å²) in [4.78, 5) is 4.30. The molecule has 0 aliphatic carbocycles. The molecule has 0 amide bonds. The van der Waals surface area contributed by atoms with Crippen molar-refractivity contribution in [2.45, 2.75) is 6.92 Å². The summed E-state index contributed by atoms with van der Waals surface area (Å²) >= 11 is 3.41. The first-order valence-electron chi connectivity index (χ1n) is 5.21. The predicted octanol–water partition coefficient (Wildman–Crippen LogP) is 4.65. The second-order valence-electron chi connectivity index (χ2n) is 3.74. The Kier molecular flexibility index (Phi) is 3.69. The van der Waals surface area contributed by atoms with Gasteiger partial charge in [0.25, 0.3) is 0 Å². The van der Waals surface area contributed by atoms with Crippen LogP contribution < -0.4 is 0 Å². The van der Waals surface area contributed by atoms with E-state index in [9.17, 15) is 4.39 Å². The van der Waals surface area contributed by atoms with E-state index in [1.807, 2.05) is 25.1 Å². The number of aliphatic imine (C=N–C) groups is 1. The number of aryl methyl sites for hydroxylation is 1. The third kappa shape index (κ3) is 3.24. The number of rotatable bonds is 2. The molecule has 2 rings (SSSR count). The van der Waals surface area contributed by atoms with E-state index in [-0.39, 0.29) is 5.82 Å². The number of nitrogens with zero attached hydrogens (tertiary/aromatic N) is 1. The monoisotopic (exact) mass is 291 g/mol. The number of hydrogen-bond acceptors (Lipinski definition) is 1. The highest BCUT2D eigenvalue weighted by molar-refractivity contribution is 9.10. The molecule has 0 heterocycles. The molecular formula is C14H11BrFN. The maximum absolute atomic E-state index is 12.7. The zero-order chi connectivity index (χ0) is 12.3. The lowest BCUT2D eigenvalue weighted by molar-refractivity contribution is 0.628. The Balaban J connectivity index is 2.23. The van der Waals surface area contributed by atoms with E-state index in [1.165, 1.54) is 12.1 Å². The Hall–Kier alpha value is -1.48. The molecule has 0 saturated carbocycles. The summed E-state index contributed by atoms with van der Waals surface area (Å²) in [5, 5.41) is 0. The van der Waals surface area contributed by atoms with Gasteiger partial charge in [-0.15, -0.1) is 0 Å². The lowest BCUT2D eigenvalue weighted by Crippen LogP contribution is -1.86. The van der Waals surface area contributed by atoms with E-state index in [0.717, 1.165) is 21.3 Å². The fourth-order valence-corrected chi connectivity index (χ4v) is 1.93. The molecule has 86 valence electrons. The molecular weight excluding hydrogens is 281 g/mol. The SMILES string of the molecule is Cc1cc(Br)ccc1C=Nc1ccc(F)cc1. The molecule has 0 unspecified atom stereocenters. The van der Waals surface area contributed by atoms with Gasteiger partial charge >= 0.3 is 0 Å². The summed E-state index contributed by atoms with van der Waals surface area (Å²) in [6.07, 6.45) is 1.79. The fourth-order valence-electron chi connectivity index (χ4n) is 1.46. The van der Waals surface area contributed by atoms with E-state index >= 15 is 0 Å². The smallest absolute Gasteiger partial charge is 0.123 e. The molecule has 3 heteroatoms. The summed E-state index contributed by atoms with van der Waals surface area (Å²) in [5.74, 6) is -0.247. The molecule has 2 aromatic rings. The van der Waals surface area contributed by atoms with Gasteiger partial charge in [0.15, 0.2) is 0 Å². The second kappa shape index (κ2) is 5.23. The van der Waals surface area contributed by atoms with Crippen molar-refractivity contribution in [2.24, 2.45) is 4.99 Å². The summed E-state index contributed by atoms with van der Waals surface area (Å²) < 4.78 is 13.8. The molecule has 0 atom stereocenters. The highest BCUT2D eigenvalue weighted by Gasteiger charge is 1.96. The van der Waals surface area contributed by atoms with Crippen LogP contribution in [-0.4, -0.2) is 6.21 Å². The number of halogens is 2. The van der Waals surface area contributed by atoms with Gasteiger partial charge in [0, 0.05) is 10.7 Å². The van der Waals surface area contributed by atoms with Gasteiger partial charge in [-0.3, -0.25) is 4.99 Å². The summed E-state index contributed by atoms with van der Waals surface area (Å²) in [5.41, 5.74) is 2.94. The second-order valence-corrected chi connectivity index (χ2v) is 4.65. The standard InChI is InChI=1S/C14H11BrFN/c1-10-8-12(15)3-2-11(10)9-17-14-6-4-13(16)5-7-14/h2-9H,1H3. The van der Waals surface area contributed by atoms with Crippen LogP contribution in [0.5, 0.6) is 0 Å². The van der Waals surface area contributed by atoms with Gasteiger partial charge in [0.2, 0.25) is 0 Å². The lowest BCUT2D eigenvalue weighted by atomic mass is 10.1. The largest absolute Gasteiger partial charge is 0.256 e. The molecule has 0 saturated heterocycles. The van der Waals surface area contributed by atoms with Crippen LogP contribution in [0.3, 0.4) is 0 Å². The summed E-state index contributed by atoms with van der Waals surface area (Å²) in [6, 6.07) is 12.1. The van der Waals surface area contributed by atoms with E-state index in [1.54, 1.807) is 18.3 Å². The highest BCUT2D eigenvalue weighted by atomic mass is 79.9. The van der Waals surface area contributed by atoms with Crippen molar-refractivity contribution in [1.29, 1.82) is 0 Å². The number of benzene rings is 2. The zero-order valence-corrected chi connectivity index (χ0v) is 10.9. The topological polar surface area (TPSA) is 12.4 Å². The van der Waals surface area contributed by atoms with Crippen LogP contribution in [0.2, 0.25) is 0 Å². The van der Waals surface area contributed by atoms with Crippen LogP contribution >= 0.6 is 15.9 Å². The lowest BCUT2D eigenvalue weighted by Gasteiger charge is -2.00. The average Bonchev–Trinajstić information content (AvgIpc) is 2.30. The average molecular weight is 292 g/mol. The molecule has 1 nitrogen and oxygen atoms in total. The van der Waals surface area contributed by atoms with Crippen LogP contribution in [0.4, 0.5) is 10.1 Å². The first-order valence-corrected chi connectivity index (χ1v) is 6.00. The van der Waals surface area contributed by atoms with E-state index in [0.29, 0.717) is 0 Å². The maximum Gasteiger partial charge on any atom is 0.123 e. The van der Waals surface area contributed by atoms with Crippen molar-refractivity contribution in [3.05, 3.63) is 63.9 Å². The van der Waals surface area contributed by atoms with Gasteiger partial charge in [-0.2, -0.15) is 0 Å². The highest BCUT2D eigenvalue weighted by Crippen LogP contribution is 2.16. The van der Waals surface area contributed by atoms with Gasteiger partial charge in [0.1, 0.15) is 5.82 Å². The Morgan fingerprint density at radius 2 is 1.82 bits per heavy atom. The molecule has 17 heavy (non-hydrogen) atoms. The van der Waals surface area contributed by atoms with E-state index in [2.05, 4.69) is 20.9 Å². The first kappa shape index (κ1) is 12.0. The van der Waals surface area contributed by atoms with Gasteiger partial charge < -0.3 is 0 Å². The zero-order valence-electron chi connectivity index (χ0n) is 9.32. The minimum absolute atomic E-state index is 0.247. The molecule has 0 bridgehead atoms. The molecule has 0 N–H and O–H groups in total. The molecule has 2 aromatic carbocycles. The molecule has 0 radical (unpaired) electrons. The normalized spacial score (nSPS) is 11.0. The fraction of sp³-hybridized carbons (Fsp3) is 0.0714. The van der Waals surface area contributed by atoms with Gasteiger partial charge in [-0.1, -0.05) is 22.0 Å². The van der Waals surface area contributed by atoms with Crippen LogP contribution in [0.25, 0.3) is 0 Å². The third-order valence-corrected chi connectivity index (χ3v) is 2.90. The van der Waals surface area contributed by atoms with Crippen molar-refractivity contribution in [1.82, 2.24) is 0 Å². The number of hydrogen-bond donors (Lipinski definition) is 0. The van der Waals surface area contributed by atoms with Crippen molar-refractivity contribution in [3.8, 4) is 0 Å². The van der Waals surface area contributed by atoms with E-state index in [4.69, 9.17) is 0 Å². The summed E-state index contributed by atoms with van der Waals surface area (Å²) in [6.45, 7) is 2.02. The third-order valence-electron chi connectivity index (χ3n) is 2.41. The Morgan fingerprint density at radius 3 is 2.47 bits per heavy atom. The Morgan fingerprint density at radius 1 is 1.12 bits per heavy atom. The van der Waals surface area contributed by atoms with Crippen LogP contribution in [0.1, 0.15) is 11.1 Å². The van der Waals surface area contributed by atoms with Gasteiger partial charge in [-0.05, 0) is 54.4 Å². The quantitative estimate of drug-likeness (QED) is 0.715. The van der Waals surface area contributed by atoms with Crippen molar-refractivity contribution >= 4 is 27.8 Å². The molecule has 0 aliphatic rings. The van der Waals surface area contributed by atoms with Crippen LogP contribution in [0, 0.1) is 12.7 Å². The van der Waals surface area contributed by atoms with Crippen molar-refractivity contribution in [3.63, 3.8) is 0 Å². The maximum atomic E-state index is 12.7. The molecule has 0 aliphatic heterocycles. The van der Waals surface area contributed by atoms with Gasteiger partial charge in [-0.25, -0.2) is 4.39 Å². The van der Waals surface area contributed by atoms with Crippen LogP contribution in [-0.2, 0) is 0 Å². The van der Waals surface area contributed by atoms with Crippen molar-refractivity contribution in [2.75, 3.05) is 0 Å². The minimum atomic E-state index is -0.247. The molecule has 0 aromatic heterocycles. The predicted molar refractivity (Wildman–Crippen MR) is 72.5 cm³/mol. The molecule has 0 fully saturated rings. The van der Waals surface area contributed by atoms with Crippen molar-refractivity contribution < 1.29 is 4.39 Å². The van der Waals surface area contributed by atoms with E-state index < -0.39 is 0 Å². The molecule has 0 spiro atoms. The Bertz CT molecular complexity index is 547. The van der Waals surface area contributed by atoms with Gasteiger partial charge in [0.05, 0.1) is 5.69 Å². The summed E-state index contributed by atoms with van der Waals surface area (Å²) in [7, 11) is 0. The Labute approximate surface area is 108 Å². The first-order chi connectivity index (χ1) is 8.15.